The third-order valence-electron chi connectivity index (χ3n) is 1.60. The van der Waals surface area contributed by atoms with Crippen molar-refractivity contribution in [2.75, 3.05) is 26.9 Å². The van der Waals surface area contributed by atoms with E-state index >= 15 is 0 Å². The lowest BCUT2D eigenvalue weighted by Crippen LogP contribution is -2.43. The topological polar surface area (TPSA) is 47.6 Å². The monoisotopic (exact) mass is 159 g/mol. The molecule has 1 fully saturated rings. The Hall–Kier alpha value is -0.610. The van der Waals surface area contributed by atoms with Crippen LogP contribution in [0.5, 0.6) is 0 Å². The summed E-state index contributed by atoms with van der Waals surface area (Å²) < 4.78 is 9.74. The highest BCUT2D eigenvalue weighted by atomic mass is 16.5. The molecule has 0 aromatic heterocycles. The first-order valence-corrected chi connectivity index (χ1v) is 3.73. The molecule has 4 heteroatoms. The molecule has 11 heavy (non-hydrogen) atoms. The van der Waals surface area contributed by atoms with E-state index in [1.165, 1.54) is 0 Å². The Balaban J connectivity index is 2.01. The Labute approximate surface area is 65.9 Å². The van der Waals surface area contributed by atoms with Gasteiger partial charge in [-0.25, -0.2) is 0 Å². The minimum atomic E-state index is -0.202. The van der Waals surface area contributed by atoms with Gasteiger partial charge >= 0.3 is 0 Å². The summed E-state index contributed by atoms with van der Waals surface area (Å²) in [6.45, 7) is 1.83. The predicted octanol–water partition coefficient (Wildman–Crippen LogP) is -0.462. The minimum Gasteiger partial charge on any atom is -0.383 e. The second kappa shape index (κ2) is 4.31. The van der Waals surface area contributed by atoms with Crippen LogP contribution in [0.15, 0.2) is 0 Å². The lowest BCUT2D eigenvalue weighted by Gasteiger charge is -2.24. The van der Waals surface area contributed by atoms with Gasteiger partial charge in [-0.05, 0) is 0 Å². The maximum absolute atomic E-state index is 11.0. The van der Waals surface area contributed by atoms with Crippen molar-refractivity contribution < 1.29 is 14.3 Å². The summed E-state index contributed by atoms with van der Waals surface area (Å²) in [6, 6.07) is 0. The third kappa shape index (κ3) is 2.48. The van der Waals surface area contributed by atoms with Gasteiger partial charge in [-0.15, -0.1) is 0 Å². The van der Waals surface area contributed by atoms with E-state index < -0.39 is 0 Å². The zero-order chi connectivity index (χ0) is 8.10. The maximum atomic E-state index is 11.0. The van der Waals surface area contributed by atoms with Crippen molar-refractivity contribution in [1.29, 1.82) is 0 Å². The van der Waals surface area contributed by atoms with Gasteiger partial charge in [0.2, 0.25) is 5.91 Å². The van der Waals surface area contributed by atoms with E-state index in [2.05, 4.69) is 5.32 Å². The minimum absolute atomic E-state index is 0.0201. The summed E-state index contributed by atoms with van der Waals surface area (Å²) in [7, 11) is 1.60. The predicted molar refractivity (Wildman–Crippen MR) is 39.2 cm³/mol. The first-order chi connectivity index (χ1) is 5.34. The van der Waals surface area contributed by atoms with E-state index in [1.807, 2.05) is 0 Å². The fourth-order valence-corrected chi connectivity index (χ4v) is 0.833. The Morgan fingerprint density at radius 2 is 2.55 bits per heavy atom. The van der Waals surface area contributed by atoms with Crippen LogP contribution in [0.3, 0.4) is 0 Å². The summed E-state index contributed by atoms with van der Waals surface area (Å²) in [6.07, 6.45) is 0.644. The third-order valence-corrected chi connectivity index (χ3v) is 1.60. The van der Waals surface area contributed by atoms with Crippen LogP contribution in [0.1, 0.15) is 6.42 Å². The van der Waals surface area contributed by atoms with E-state index in [9.17, 15) is 4.79 Å². The smallest absolute Gasteiger partial charge is 0.249 e. The molecule has 1 saturated heterocycles. The van der Waals surface area contributed by atoms with Crippen LogP contribution in [0.2, 0.25) is 0 Å². The quantitative estimate of drug-likeness (QED) is 0.564. The number of amides is 1. The highest BCUT2D eigenvalue weighted by Gasteiger charge is 2.25. The second-order valence-corrected chi connectivity index (χ2v) is 2.43. The zero-order valence-corrected chi connectivity index (χ0v) is 6.63. The molecule has 0 spiro atoms. The van der Waals surface area contributed by atoms with Gasteiger partial charge in [0.05, 0.1) is 13.2 Å². The fraction of sp³-hybridized carbons (Fsp3) is 0.857. The van der Waals surface area contributed by atoms with Gasteiger partial charge in [0.1, 0.15) is 6.10 Å². The molecular formula is C7H13NO3. The number of hydrogen-bond donors (Lipinski definition) is 1. The SMILES string of the molecule is COCCNC(=O)C1CCO1. The van der Waals surface area contributed by atoms with Crippen LogP contribution in [-0.2, 0) is 14.3 Å². The Kier molecular flexibility index (Phi) is 3.32. The summed E-state index contributed by atoms with van der Waals surface area (Å²) >= 11 is 0. The average molecular weight is 159 g/mol. The van der Waals surface area contributed by atoms with Gasteiger partial charge in [0, 0.05) is 20.1 Å². The number of carbonyl (C=O) groups is 1. The normalized spacial score (nSPS) is 22.5. The molecule has 4 nitrogen and oxygen atoms in total. The van der Waals surface area contributed by atoms with Gasteiger partial charge in [-0.2, -0.15) is 0 Å². The molecule has 1 unspecified atom stereocenters. The molecule has 1 heterocycles. The van der Waals surface area contributed by atoms with E-state index in [0.29, 0.717) is 19.8 Å². The van der Waals surface area contributed by atoms with Crippen molar-refractivity contribution in [2.45, 2.75) is 12.5 Å². The van der Waals surface area contributed by atoms with Crippen LogP contribution in [-0.4, -0.2) is 38.9 Å². The van der Waals surface area contributed by atoms with Gasteiger partial charge in [-0.1, -0.05) is 0 Å². The zero-order valence-electron chi connectivity index (χ0n) is 6.63. The largest absolute Gasteiger partial charge is 0.383 e. The molecule has 0 aliphatic carbocycles. The summed E-state index contributed by atoms with van der Waals surface area (Å²) in [5, 5.41) is 2.70. The Morgan fingerprint density at radius 1 is 1.82 bits per heavy atom. The number of nitrogens with one attached hydrogen (secondary N) is 1. The van der Waals surface area contributed by atoms with Crippen LogP contribution in [0.25, 0.3) is 0 Å². The number of ether oxygens (including phenoxy) is 2. The van der Waals surface area contributed by atoms with Crippen LogP contribution < -0.4 is 5.32 Å². The highest BCUT2D eigenvalue weighted by Crippen LogP contribution is 2.09. The molecule has 0 saturated carbocycles. The summed E-state index contributed by atoms with van der Waals surface area (Å²) in [4.78, 5) is 11.0. The second-order valence-electron chi connectivity index (χ2n) is 2.43. The maximum Gasteiger partial charge on any atom is 0.249 e. The molecule has 64 valence electrons. The molecule has 0 bridgehead atoms. The van der Waals surface area contributed by atoms with Crippen molar-refractivity contribution in [3.05, 3.63) is 0 Å². The lowest BCUT2D eigenvalue weighted by molar-refractivity contribution is -0.145. The molecule has 0 radical (unpaired) electrons. The molecule has 1 atom stereocenters. The molecule has 1 N–H and O–H groups in total. The van der Waals surface area contributed by atoms with E-state index in [0.717, 1.165) is 6.42 Å². The van der Waals surface area contributed by atoms with Crippen LogP contribution in [0.4, 0.5) is 0 Å². The molecule has 1 amide bonds. The van der Waals surface area contributed by atoms with Gasteiger partial charge in [-0.3, -0.25) is 4.79 Å². The highest BCUT2D eigenvalue weighted by molar-refractivity contribution is 5.81. The fourth-order valence-electron chi connectivity index (χ4n) is 0.833. The van der Waals surface area contributed by atoms with E-state index in [1.54, 1.807) is 7.11 Å². The molecule has 1 aliphatic rings. The average Bonchev–Trinajstić information content (AvgIpc) is 1.84. The molecule has 1 rings (SSSR count). The number of carbonyl (C=O) groups excluding carboxylic acids is 1. The standard InChI is InChI=1S/C7H13NO3/c1-10-5-3-8-7(9)6-2-4-11-6/h6H,2-5H2,1H3,(H,8,9). The number of rotatable bonds is 4. The van der Waals surface area contributed by atoms with Crippen LogP contribution >= 0.6 is 0 Å². The van der Waals surface area contributed by atoms with Crippen molar-refractivity contribution in [2.24, 2.45) is 0 Å². The molecule has 0 aromatic rings. The van der Waals surface area contributed by atoms with Crippen LogP contribution in [0, 0.1) is 0 Å². The molecule has 1 aliphatic heterocycles. The van der Waals surface area contributed by atoms with Crippen molar-refractivity contribution in [3.8, 4) is 0 Å². The van der Waals surface area contributed by atoms with Gasteiger partial charge in [0.25, 0.3) is 0 Å². The Bertz CT molecular complexity index is 134. The first-order valence-electron chi connectivity index (χ1n) is 3.73. The Morgan fingerprint density at radius 3 is 3.00 bits per heavy atom. The lowest BCUT2D eigenvalue weighted by atomic mass is 10.2. The first kappa shape index (κ1) is 8.49. The van der Waals surface area contributed by atoms with Gasteiger partial charge < -0.3 is 14.8 Å². The van der Waals surface area contributed by atoms with Crippen molar-refractivity contribution in [3.63, 3.8) is 0 Å². The molecule has 0 aromatic carbocycles. The van der Waals surface area contributed by atoms with E-state index in [-0.39, 0.29) is 12.0 Å². The van der Waals surface area contributed by atoms with Crippen molar-refractivity contribution in [1.82, 2.24) is 5.32 Å². The van der Waals surface area contributed by atoms with Crippen molar-refractivity contribution >= 4 is 5.91 Å². The number of methoxy groups -OCH3 is 1. The van der Waals surface area contributed by atoms with E-state index in [4.69, 9.17) is 9.47 Å². The number of hydrogen-bond acceptors (Lipinski definition) is 3. The van der Waals surface area contributed by atoms with Gasteiger partial charge in [0.15, 0.2) is 0 Å². The molecular weight excluding hydrogens is 146 g/mol. The summed E-state index contributed by atoms with van der Waals surface area (Å²) in [5.74, 6) is -0.0201. The summed E-state index contributed by atoms with van der Waals surface area (Å²) in [5.41, 5.74) is 0.